The fourth-order valence-corrected chi connectivity index (χ4v) is 1.74. The van der Waals surface area contributed by atoms with Crippen LogP contribution < -0.4 is 0 Å². The van der Waals surface area contributed by atoms with Crippen molar-refractivity contribution < 1.29 is 5.11 Å². The second-order valence-corrected chi connectivity index (χ2v) is 5.62. The highest BCUT2D eigenvalue weighted by Gasteiger charge is 2.21. The first kappa shape index (κ1) is 21.1. The molecular formula is C19H34O. The van der Waals surface area contributed by atoms with E-state index in [2.05, 4.69) is 47.3 Å². The molecule has 0 amide bonds. The third kappa shape index (κ3) is 5.81. The number of rotatable bonds is 2. The summed E-state index contributed by atoms with van der Waals surface area (Å²) in [7, 11) is 0. The third-order valence-corrected chi connectivity index (χ3v) is 2.86. The lowest BCUT2D eigenvalue weighted by atomic mass is 9.82. The van der Waals surface area contributed by atoms with Crippen LogP contribution in [0.4, 0.5) is 0 Å². The maximum absolute atomic E-state index is 10.2. The molecule has 20 heavy (non-hydrogen) atoms. The molecule has 0 saturated carbocycles. The number of phenols is 1. The summed E-state index contributed by atoms with van der Waals surface area (Å²) >= 11 is 0. The largest absolute Gasteiger partial charge is 0.507 e. The van der Waals surface area contributed by atoms with Gasteiger partial charge in [0.25, 0.3) is 0 Å². The van der Waals surface area contributed by atoms with E-state index in [-0.39, 0.29) is 5.41 Å². The predicted molar refractivity (Wildman–Crippen MR) is 93.7 cm³/mol. The van der Waals surface area contributed by atoms with Gasteiger partial charge in [0.15, 0.2) is 0 Å². The van der Waals surface area contributed by atoms with Crippen molar-refractivity contribution >= 4 is 6.08 Å². The maximum atomic E-state index is 10.2. The molecule has 0 spiro atoms. The molecule has 0 radical (unpaired) electrons. The summed E-state index contributed by atoms with van der Waals surface area (Å²) in [4.78, 5) is 0. The van der Waals surface area contributed by atoms with Crippen molar-refractivity contribution in [2.45, 2.75) is 73.6 Å². The van der Waals surface area contributed by atoms with E-state index in [1.165, 1.54) is 5.56 Å². The quantitative estimate of drug-likeness (QED) is 0.654. The van der Waals surface area contributed by atoms with Crippen LogP contribution in [0.2, 0.25) is 0 Å². The highest BCUT2D eigenvalue weighted by atomic mass is 16.3. The fourth-order valence-electron chi connectivity index (χ4n) is 1.74. The van der Waals surface area contributed by atoms with E-state index in [1.54, 1.807) is 6.08 Å². The van der Waals surface area contributed by atoms with E-state index in [9.17, 15) is 5.11 Å². The Morgan fingerprint density at radius 1 is 1.05 bits per heavy atom. The Labute approximate surface area is 126 Å². The average Bonchev–Trinajstić information content (AvgIpc) is 2.42. The van der Waals surface area contributed by atoms with Crippen molar-refractivity contribution in [3.8, 4) is 5.75 Å². The molecule has 116 valence electrons. The lowest BCUT2D eigenvalue weighted by Crippen LogP contribution is -2.12. The summed E-state index contributed by atoms with van der Waals surface area (Å²) < 4.78 is 0. The van der Waals surface area contributed by atoms with Crippen LogP contribution in [0.5, 0.6) is 5.75 Å². The number of hydrogen-bond donors (Lipinski definition) is 1. The minimum atomic E-state index is -0.0489. The van der Waals surface area contributed by atoms with E-state index >= 15 is 0 Å². The highest BCUT2D eigenvalue weighted by Crippen LogP contribution is 2.36. The van der Waals surface area contributed by atoms with Crippen molar-refractivity contribution in [1.29, 1.82) is 0 Å². The maximum Gasteiger partial charge on any atom is 0.126 e. The molecule has 0 aliphatic carbocycles. The lowest BCUT2D eigenvalue weighted by molar-refractivity contribution is 0.445. The Bertz CT molecular complexity index is 395. The molecule has 1 N–H and O–H groups in total. The van der Waals surface area contributed by atoms with Crippen LogP contribution in [-0.4, -0.2) is 5.11 Å². The standard InChI is InChI=1S/C15H22O.2C2H6/c1-7-11-8-12(10(2)3)9-13(14(11)16)15(4,5)6;2*1-2/h7-10,16H,1H2,2-6H3;2*1-2H3. The van der Waals surface area contributed by atoms with Gasteiger partial charge in [-0.25, -0.2) is 0 Å². The summed E-state index contributed by atoms with van der Waals surface area (Å²) in [5, 5.41) is 10.2. The molecule has 0 atom stereocenters. The van der Waals surface area contributed by atoms with E-state index in [0.717, 1.165) is 11.1 Å². The molecule has 0 aliphatic heterocycles. The second-order valence-electron chi connectivity index (χ2n) is 5.62. The first-order valence-corrected chi connectivity index (χ1v) is 7.77. The van der Waals surface area contributed by atoms with Crippen molar-refractivity contribution in [2.75, 3.05) is 0 Å². The predicted octanol–water partition coefficient (Wildman–Crippen LogP) is 6.51. The van der Waals surface area contributed by atoms with Gasteiger partial charge in [-0.05, 0) is 23.0 Å². The molecule has 1 rings (SSSR count). The lowest BCUT2D eigenvalue weighted by Gasteiger charge is -2.23. The SMILES string of the molecule is C=Cc1cc(C(C)C)cc(C(C)(C)C)c1O.CC.CC. The highest BCUT2D eigenvalue weighted by molar-refractivity contribution is 5.61. The zero-order valence-electron chi connectivity index (χ0n) is 15.0. The monoisotopic (exact) mass is 278 g/mol. The van der Waals surface area contributed by atoms with E-state index in [0.29, 0.717) is 11.7 Å². The Morgan fingerprint density at radius 2 is 1.50 bits per heavy atom. The molecule has 0 fully saturated rings. The number of phenolic OH excluding ortho intramolecular Hbond substituents is 1. The van der Waals surface area contributed by atoms with Crippen molar-refractivity contribution in [1.82, 2.24) is 0 Å². The van der Waals surface area contributed by atoms with Crippen LogP contribution in [0.25, 0.3) is 6.08 Å². The van der Waals surface area contributed by atoms with Crippen LogP contribution in [0.15, 0.2) is 18.7 Å². The average molecular weight is 278 g/mol. The molecule has 1 nitrogen and oxygen atoms in total. The summed E-state index contributed by atoms with van der Waals surface area (Å²) in [6.07, 6.45) is 1.72. The molecule has 0 unspecified atom stereocenters. The zero-order chi connectivity index (χ0) is 16.5. The minimum absolute atomic E-state index is 0.0489. The van der Waals surface area contributed by atoms with Gasteiger partial charge >= 0.3 is 0 Å². The Morgan fingerprint density at radius 3 is 1.80 bits per heavy atom. The van der Waals surface area contributed by atoms with Gasteiger partial charge in [0.05, 0.1) is 0 Å². The van der Waals surface area contributed by atoms with Crippen molar-refractivity contribution in [2.24, 2.45) is 0 Å². The molecular weight excluding hydrogens is 244 g/mol. The van der Waals surface area contributed by atoms with Crippen LogP contribution in [0.3, 0.4) is 0 Å². The van der Waals surface area contributed by atoms with E-state index in [4.69, 9.17) is 0 Å². The minimum Gasteiger partial charge on any atom is -0.507 e. The molecule has 1 aromatic rings. The molecule has 0 aliphatic rings. The van der Waals surface area contributed by atoms with Gasteiger partial charge in [-0.3, -0.25) is 0 Å². The van der Waals surface area contributed by atoms with Gasteiger partial charge in [0.2, 0.25) is 0 Å². The third-order valence-electron chi connectivity index (χ3n) is 2.86. The van der Waals surface area contributed by atoms with E-state index in [1.807, 2.05) is 33.8 Å². The fraction of sp³-hybridized carbons (Fsp3) is 0.579. The number of hydrogen-bond acceptors (Lipinski definition) is 1. The van der Waals surface area contributed by atoms with Gasteiger partial charge < -0.3 is 5.11 Å². The van der Waals surface area contributed by atoms with Crippen LogP contribution in [0, 0.1) is 0 Å². The molecule has 1 heteroatoms. The van der Waals surface area contributed by atoms with E-state index < -0.39 is 0 Å². The van der Waals surface area contributed by atoms with Gasteiger partial charge in [0.1, 0.15) is 5.75 Å². The first-order chi connectivity index (χ1) is 9.27. The normalized spacial score (nSPS) is 10.1. The molecule has 0 heterocycles. The molecule has 0 saturated heterocycles. The Hall–Kier alpha value is -1.24. The first-order valence-electron chi connectivity index (χ1n) is 7.77. The van der Waals surface area contributed by atoms with Gasteiger partial charge in [-0.1, -0.05) is 81.0 Å². The number of benzene rings is 1. The molecule has 0 aromatic heterocycles. The van der Waals surface area contributed by atoms with Gasteiger partial charge in [-0.2, -0.15) is 0 Å². The molecule has 1 aromatic carbocycles. The topological polar surface area (TPSA) is 20.2 Å². The van der Waals surface area contributed by atoms with Gasteiger partial charge in [-0.15, -0.1) is 0 Å². The van der Waals surface area contributed by atoms with Crippen molar-refractivity contribution in [3.63, 3.8) is 0 Å². The molecule has 0 bridgehead atoms. The summed E-state index contributed by atoms with van der Waals surface area (Å²) in [6, 6.07) is 4.12. The Kier molecular flexibility index (Phi) is 10.1. The van der Waals surface area contributed by atoms with Crippen LogP contribution in [0.1, 0.15) is 84.9 Å². The second kappa shape index (κ2) is 9.63. The Balaban J connectivity index is 0. The van der Waals surface area contributed by atoms with Gasteiger partial charge in [0, 0.05) is 11.1 Å². The zero-order valence-corrected chi connectivity index (χ0v) is 15.0. The summed E-state index contributed by atoms with van der Waals surface area (Å²) in [5.74, 6) is 0.826. The smallest absolute Gasteiger partial charge is 0.126 e. The number of aromatic hydroxyl groups is 1. The summed E-state index contributed by atoms with van der Waals surface area (Å²) in [5.41, 5.74) is 3.02. The van der Waals surface area contributed by atoms with Crippen LogP contribution in [-0.2, 0) is 5.41 Å². The van der Waals surface area contributed by atoms with Crippen molar-refractivity contribution in [3.05, 3.63) is 35.4 Å². The van der Waals surface area contributed by atoms with Crippen LogP contribution >= 0.6 is 0 Å². The summed E-state index contributed by atoms with van der Waals surface area (Å²) in [6.45, 7) is 22.4.